The van der Waals surface area contributed by atoms with Gasteiger partial charge in [-0.3, -0.25) is 4.99 Å². The molecule has 0 saturated carbocycles. The number of azo groups is 1. The first kappa shape index (κ1) is 10.9. The molecule has 0 spiro atoms. The van der Waals surface area contributed by atoms with Crippen LogP contribution in [0.25, 0.3) is 0 Å². The average molecular weight is 210 g/mol. The lowest BCUT2D eigenvalue weighted by molar-refractivity contribution is 1.10. The summed E-state index contributed by atoms with van der Waals surface area (Å²) in [6.45, 7) is 2.47. The lowest BCUT2D eigenvalue weighted by atomic mass is 10.2. The highest BCUT2D eigenvalue weighted by molar-refractivity contribution is 6.30. The summed E-state index contributed by atoms with van der Waals surface area (Å²) in [7, 11) is 1.71. The molecule has 4 heteroatoms. The van der Waals surface area contributed by atoms with Crippen LogP contribution in [0.15, 0.2) is 33.4 Å². The second kappa shape index (κ2) is 5.50. The molecule has 14 heavy (non-hydrogen) atoms. The number of aryl methyl sites for hydroxylation is 1. The number of hydrogen-bond donors (Lipinski definition) is 0. The molecule has 1 aromatic carbocycles. The number of hydrogen-bond acceptors (Lipinski definition) is 3. The summed E-state index contributed by atoms with van der Waals surface area (Å²) in [4.78, 5) is 3.80. The van der Waals surface area contributed by atoms with E-state index in [0.29, 0.717) is 11.6 Å². The van der Waals surface area contributed by atoms with E-state index in [1.54, 1.807) is 19.3 Å². The SMILES string of the molecule is CN=CCN=Nc1cc(Cl)ccc1C. The third kappa shape index (κ3) is 3.26. The Bertz CT molecular complexity index is 358. The summed E-state index contributed by atoms with van der Waals surface area (Å²) in [5.74, 6) is 0. The van der Waals surface area contributed by atoms with Crippen LogP contribution < -0.4 is 0 Å². The maximum Gasteiger partial charge on any atom is 0.0951 e. The van der Waals surface area contributed by atoms with E-state index in [0.717, 1.165) is 11.3 Å². The Balaban J connectivity index is 2.75. The molecule has 0 radical (unpaired) electrons. The fourth-order valence-electron chi connectivity index (χ4n) is 0.925. The number of aliphatic imine (C=N–C) groups is 1. The molecule has 0 bridgehead atoms. The van der Waals surface area contributed by atoms with Crippen LogP contribution in [0, 0.1) is 6.92 Å². The number of rotatable bonds is 3. The summed E-state index contributed by atoms with van der Waals surface area (Å²) in [6.07, 6.45) is 1.70. The highest BCUT2D eigenvalue weighted by atomic mass is 35.5. The predicted octanol–water partition coefficient (Wildman–Crippen LogP) is 3.43. The van der Waals surface area contributed by atoms with Gasteiger partial charge in [-0.1, -0.05) is 17.7 Å². The molecule has 1 rings (SSSR count). The third-order valence-corrected chi connectivity index (χ3v) is 1.93. The first-order chi connectivity index (χ1) is 6.74. The molecule has 3 nitrogen and oxygen atoms in total. The zero-order valence-corrected chi connectivity index (χ0v) is 8.99. The van der Waals surface area contributed by atoms with Crippen LogP contribution in [0.1, 0.15) is 5.56 Å². The minimum atomic E-state index is 0.502. The fourth-order valence-corrected chi connectivity index (χ4v) is 1.09. The van der Waals surface area contributed by atoms with Crippen LogP contribution in [0.2, 0.25) is 5.02 Å². The first-order valence-corrected chi connectivity index (χ1v) is 4.66. The van der Waals surface area contributed by atoms with Crippen molar-refractivity contribution in [1.29, 1.82) is 0 Å². The molecule has 0 aliphatic rings. The quantitative estimate of drug-likeness (QED) is 0.540. The van der Waals surface area contributed by atoms with Crippen molar-refractivity contribution in [1.82, 2.24) is 0 Å². The van der Waals surface area contributed by atoms with E-state index in [1.165, 1.54) is 0 Å². The molecule has 0 atom stereocenters. The minimum Gasteiger partial charge on any atom is -0.299 e. The van der Waals surface area contributed by atoms with Gasteiger partial charge in [-0.25, -0.2) is 0 Å². The molecule has 0 amide bonds. The topological polar surface area (TPSA) is 37.1 Å². The number of benzene rings is 1. The van der Waals surface area contributed by atoms with E-state index in [2.05, 4.69) is 15.2 Å². The Kier molecular flexibility index (Phi) is 4.26. The van der Waals surface area contributed by atoms with Gasteiger partial charge in [0.15, 0.2) is 0 Å². The van der Waals surface area contributed by atoms with Crippen LogP contribution in [0.3, 0.4) is 0 Å². The summed E-state index contributed by atoms with van der Waals surface area (Å²) < 4.78 is 0. The van der Waals surface area contributed by atoms with Gasteiger partial charge in [0, 0.05) is 18.3 Å². The molecule has 0 aliphatic carbocycles. The van der Waals surface area contributed by atoms with Gasteiger partial charge in [0.1, 0.15) is 0 Å². The van der Waals surface area contributed by atoms with Crippen LogP contribution in [-0.4, -0.2) is 19.8 Å². The summed E-state index contributed by atoms with van der Waals surface area (Å²) in [5.41, 5.74) is 1.87. The van der Waals surface area contributed by atoms with E-state index in [-0.39, 0.29) is 0 Å². The maximum absolute atomic E-state index is 5.83. The zero-order valence-electron chi connectivity index (χ0n) is 8.24. The molecule has 0 aromatic heterocycles. The molecule has 0 aliphatic heterocycles. The van der Waals surface area contributed by atoms with Gasteiger partial charge in [-0.05, 0) is 24.6 Å². The van der Waals surface area contributed by atoms with Crippen molar-refractivity contribution >= 4 is 23.5 Å². The van der Waals surface area contributed by atoms with E-state index in [4.69, 9.17) is 11.6 Å². The fraction of sp³-hybridized carbons (Fsp3) is 0.300. The van der Waals surface area contributed by atoms with Gasteiger partial charge in [-0.15, -0.1) is 0 Å². The van der Waals surface area contributed by atoms with Crippen molar-refractivity contribution in [3.63, 3.8) is 0 Å². The predicted molar refractivity (Wildman–Crippen MR) is 60.0 cm³/mol. The van der Waals surface area contributed by atoms with Crippen molar-refractivity contribution in [2.75, 3.05) is 13.6 Å². The van der Waals surface area contributed by atoms with Gasteiger partial charge in [-0.2, -0.15) is 10.2 Å². The summed E-state index contributed by atoms with van der Waals surface area (Å²) in [5, 5.41) is 8.68. The van der Waals surface area contributed by atoms with E-state index in [1.807, 2.05) is 19.1 Å². The summed E-state index contributed by atoms with van der Waals surface area (Å²) >= 11 is 5.83. The average Bonchev–Trinajstić information content (AvgIpc) is 2.18. The number of nitrogens with zero attached hydrogens (tertiary/aromatic N) is 3. The maximum atomic E-state index is 5.83. The molecular formula is C10H12ClN3. The van der Waals surface area contributed by atoms with Crippen LogP contribution in [0.5, 0.6) is 0 Å². The second-order valence-electron chi connectivity index (χ2n) is 2.80. The minimum absolute atomic E-state index is 0.502. The van der Waals surface area contributed by atoms with E-state index in [9.17, 15) is 0 Å². The summed E-state index contributed by atoms with van der Waals surface area (Å²) in [6, 6.07) is 5.55. The van der Waals surface area contributed by atoms with Crippen LogP contribution >= 0.6 is 11.6 Å². The molecule has 0 saturated heterocycles. The normalized spacial score (nSPS) is 11.6. The van der Waals surface area contributed by atoms with Gasteiger partial charge in [0.05, 0.1) is 12.2 Å². The lowest BCUT2D eigenvalue weighted by Crippen LogP contribution is -1.79. The van der Waals surface area contributed by atoms with Crippen molar-refractivity contribution in [3.05, 3.63) is 28.8 Å². The number of halogens is 1. The molecule has 0 unspecified atom stereocenters. The van der Waals surface area contributed by atoms with Crippen molar-refractivity contribution in [3.8, 4) is 0 Å². The molecule has 0 heterocycles. The Hall–Kier alpha value is -1.22. The van der Waals surface area contributed by atoms with Gasteiger partial charge >= 0.3 is 0 Å². The monoisotopic (exact) mass is 209 g/mol. The highest BCUT2D eigenvalue weighted by Gasteiger charge is 1.96. The molecular weight excluding hydrogens is 198 g/mol. The lowest BCUT2D eigenvalue weighted by Gasteiger charge is -1.97. The van der Waals surface area contributed by atoms with E-state index < -0.39 is 0 Å². The smallest absolute Gasteiger partial charge is 0.0951 e. The molecule has 1 aromatic rings. The Morgan fingerprint density at radius 3 is 2.93 bits per heavy atom. The van der Waals surface area contributed by atoms with Crippen molar-refractivity contribution in [2.45, 2.75) is 6.92 Å². The Morgan fingerprint density at radius 2 is 2.21 bits per heavy atom. The van der Waals surface area contributed by atoms with Gasteiger partial charge in [0.2, 0.25) is 0 Å². The molecule has 0 N–H and O–H groups in total. The van der Waals surface area contributed by atoms with E-state index >= 15 is 0 Å². The molecule has 74 valence electrons. The first-order valence-electron chi connectivity index (χ1n) is 4.28. The molecule has 0 fully saturated rings. The Labute approximate surface area is 88.5 Å². The largest absolute Gasteiger partial charge is 0.299 e. The van der Waals surface area contributed by atoms with Crippen molar-refractivity contribution in [2.24, 2.45) is 15.2 Å². The second-order valence-corrected chi connectivity index (χ2v) is 3.23. The zero-order chi connectivity index (χ0) is 10.4. The highest BCUT2D eigenvalue weighted by Crippen LogP contribution is 2.22. The Morgan fingerprint density at radius 1 is 1.43 bits per heavy atom. The third-order valence-electron chi connectivity index (χ3n) is 1.70. The van der Waals surface area contributed by atoms with Crippen LogP contribution in [0.4, 0.5) is 5.69 Å². The van der Waals surface area contributed by atoms with Gasteiger partial charge in [0.25, 0.3) is 0 Å². The van der Waals surface area contributed by atoms with Crippen LogP contribution in [-0.2, 0) is 0 Å². The van der Waals surface area contributed by atoms with Gasteiger partial charge < -0.3 is 0 Å². The standard InChI is InChI=1S/C10H12ClN3/c1-8-3-4-9(11)7-10(8)14-13-6-5-12-2/h3-5,7H,6H2,1-2H3. The van der Waals surface area contributed by atoms with Crippen molar-refractivity contribution < 1.29 is 0 Å².